The largest absolute Gasteiger partial charge is 0.497 e. The highest BCUT2D eigenvalue weighted by Gasteiger charge is 2.40. The van der Waals surface area contributed by atoms with Crippen molar-refractivity contribution in [3.8, 4) is 5.75 Å². The third-order valence-corrected chi connectivity index (χ3v) is 10.3. The summed E-state index contributed by atoms with van der Waals surface area (Å²) in [6, 6.07) is 12.7. The van der Waals surface area contributed by atoms with Crippen molar-refractivity contribution in [2.45, 2.75) is 43.7 Å². The van der Waals surface area contributed by atoms with Crippen LogP contribution < -0.4 is 10.2 Å². The second-order valence-electron chi connectivity index (χ2n) is 11.1. The monoisotopic (exact) mass is 602 g/mol. The number of likely N-dealkylation sites (tertiary alicyclic amines) is 1. The molecule has 0 radical (unpaired) electrons. The maximum atomic E-state index is 13.7. The van der Waals surface area contributed by atoms with Crippen molar-refractivity contribution in [1.29, 1.82) is 0 Å². The number of sulfonamides is 1. The maximum absolute atomic E-state index is 13.7. The van der Waals surface area contributed by atoms with Crippen molar-refractivity contribution in [1.82, 2.24) is 29.6 Å². The number of aromatic nitrogens is 3. The van der Waals surface area contributed by atoms with Crippen LogP contribution in [0.1, 0.15) is 45.7 Å². The highest BCUT2D eigenvalue weighted by Crippen LogP contribution is 2.35. The summed E-state index contributed by atoms with van der Waals surface area (Å²) in [5, 5.41) is 0. The van der Waals surface area contributed by atoms with Gasteiger partial charge in [-0.2, -0.15) is 4.31 Å². The SMILES string of the molecule is COc1cc(C)c(S(=O)(=O)N(C)Cc2nc3c(C(=O)N4CCC5(C=C(c6ccncc6)NO5)CC4)cccc3[nH]2)c(C)c1. The first-order chi connectivity index (χ1) is 20.6. The molecule has 6 rings (SSSR count). The molecule has 0 bridgehead atoms. The number of nitrogens with zero attached hydrogens (tertiary/aromatic N) is 4. The second kappa shape index (κ2) is 11.1. The van der Waals surface area contributed by atoms with Gasteiger partial charge in [0.1, 0.15) is 22.7 Å². The number of piperidine rings is 1. The van der Waals surface area contributed by atoms with E-state index in [0.717, 1.165) is 11.3 Å². The molecule has 2 aliphatic heterocycles. The lowest BCUT2D eigenvalue weighted by Crippen LogP contribution is -2.46. The molecule has 4 aromatic rings. The highest BCUT2D eigenvalue weighted by atomic mass is 32.2. The van der Waals surface area contributed by atoms with E-state index in [1.165, 1.54) is 11.4 Å². The van der Waals surface area contributed by atoms with Gasteiger partial charge in [-0.05, 0) is 67.4 Å². The Labute approximate surface area is 250 Å². The van der Waals surface area contributed by atoms with Gasteiger partial charge >= 0.3 is 0 Å². The number of amides is 1. The average molecular weight is 603 g/mol. The molecule has 11 nitrogen and oxygen atoms in total. The van der Waals surface area contributed by atoms with Gasteiger partial charge in [0.25, 0.3) is 5.91 Å². The number of H-pyrrole nitrogens is 1. The second-order valence-corrected chi connectivity index (χ2v) is 13.1. The zero-order chi connectivity index (χ0) is 30.4. The van der Waals surface area contributed by atoms with Gasteiger partial charge < -0.3 is 14.6 Å². The predicted molar refractivity (Wildman–Crippen MR) is 162 cm³/mol. The summed E-state index contributed by atoms with van der Waals surface area (Å²) >= 11 is 0. The van der Waals surface area contributed by atoms with Gasteiger partial charge in [-0.15, -0.1) is 0 Å². The molecule has 0 unspecified atom stereocenters. The Morgan fingerprint density at radius 2 is 1.81 bits per heavy atom. The fraction of sp³-hybridized carbons (Fsp3) is 0.323. The number of para-hydroxylation sites is 1. The molecule has 0 aliphatic carbocycles. The molecular formula is C31H34N6O5S. The molecule has 0 atom stereocenters. The number of aryl methyl sites for hydroxylation is 2. The molecule has 1 spiro atoms. The number of ether oxygens (including phenoxy) is 1. The van der Waals surface area contributed by atoms with E-state index < -0.39 is 15.6 Å². The predicted octanol–water partition coefficient (Wildman–Crippen LogP) is 3.95. The third kappa shape index (κ3) is 5.37. The van der Waals surface area contributed by atoms with Crippen molar-refractivity contribution >= 4 is 32.7 Å². The number of nitrogens with one attached hydrogen (secondary N) is 2. The lowest BCUT2D eigenvalue weighted by atomic mass is 9.90. The lowest BCUT2D eigenvalue weighted by molar-refractivity contribution is -0.0652. The first-order valence-corrected chi connectivity index (χ1v) is 15.5. The van der Waals surface area contributed by atoms with Crippen LogP contribution >= 0.6 is 0 Å². The van der Waals surface area contributed by atoms with E-state index in [-0.39, 0.29) is 17.3 Å². The topological polar surface area (TPSA) is 130 Å². The number of benzene rings is 2. The summed E-state index contributed by atoms with van der Waals surface area (Å²) in [4.78, 5) is 33.7. The highest BCUT2D eigenvalue weighted by molar-refractivity contribution is 7.89. The molecule has 0 saturated carbocycles. The Hall–Kier alpha value is -4.26. The fourth-order valence-corrected chi connectivity index (χ4v) is 7.41. The summed E-state index contributed by atoms with van der Waals surface area (Å²) in [5.74, 6) is 0.934. The first kappa shape index (κ1) is 28.8. The fourth-order valence-electron chi connectivity index (χ4n) is 5.88. The van der Waals surface area contributed by atoms with E-state index in [1.807, 2.05) is 23.1 Å². The van der Waals surface area contributed by atoms with E-state index in [9.17, 15) is 13.2 Å². The summed E-state index contributed by atoms with van der Waals surface area (Å²) < 4.78 is 33.6. The molecular weight excluding hydrogens is 568 g/mol. The van der Waals surface area contributed by atoms with Gasteiger partial charge in [-0.1, -0.05) is 6.07 Å². The summed E-state index contributed by atoms with van der Waals surface area (Å²) in [6.45, 7) is 4.57. The van der Waals surface area contributed by atoms with Crippen molar-refractivity contribution in [3.63, 3.8) is 0 Å². The zero-order valence-corrected chi connectivity index (χ0v) is 25.4. The minimum atomic E-state index is -3.82. The minimum Gasteiger partial charge on any atom is -0.497 e. The number of carbonyl (C=O) groups is 1. The van der Waals surface area contributed by atoms with E-state index in [0.29, 0.717) is 65.2 Å². The number of methoxy groups -OCH3 is 1. The lowest BCUT2D eigenvalue weighted by Gasteiger charge is -2.36. The van der Waals surface area contributed by atoms with Gasteiger partial charge in [-0.3, -0.25) is 20.1 Å². The van der Waals surface area contributed by atoms with Crippen LogP contribution in [-0.2, 0) is 21.4 Å². The number of fused-ring (bicyclic) bond motifs is 1. The van der Waals surface area contributed by atoms with Crippen LogP contribution in [0, 0.1) is 13.8 Å². The molecule has 12 heteroatoms. The molecule has 2 aromatic heterocycles. The standard InChI is InChI=1S/C31H34N6O5S/c1-20-16-23(41-4)17-21(2)29(20)43(39,40)36(3)19-27-33-25-7-5-6-24(28(25)34-27)30(38)37-14-10-31(11-15-37)18-26(35-42-31)22-8-12-32-13-9-22/h5-9,12-13,16-18,35H,10-11,14-15,19H2,1-4H3,(H,33,34). The number of hydrogen-bond acceptors (Lipinski definition) is 8. The van der Waals surface area contributed by atoms with Gasteiger partial charge in [0.2, 0.25) is 10.0 Å². The Balaban J connectivity index is 1.18. The third-order valence-electron chi connectivity index (χ3n) is 8.16. The smallest absolute Gasteiger partial charge is 0.256 e. The number of hydroxylamine groups is 1. The Morgan fingerprint density at radius 3 is 2.49 bits per heavy atom. The molecule has 2 N–H and O–H groups in total. The Bertz CT molecular complexity index is 1800. The summed E-state index contributed by atoms with van der Waals surface area (Å²) in [6.07, 6.45) is 6.88. The first-order valence-electron chi connectivity index (χ1n) is 14.1. The number of carbonyl (C=O) groups excluding carboxylic acids is 1. The van der Waals surface area contributed by atoms with Gasteiger partial charge in [-0.25, -0.2) is 13.4 Å². The quantitative estimate of drug-likeness (QED) is 0.325. The van der Waals surface area contributed by atoms with Crippen LogP contribution in [0.5, 0.6) is 5.75 Å². The van der Waals surface area contributed by atoms with Gasteiger partial charge in [0.05, 0.1) is 35.3 Å². The minimum absolute atomic E-state index is 0.0122. The number of rotatable bonds is 7. The Morgan fingerprint density at radius 1 is 1.12 bits per heavy atom. The van der Waals surface area contributed by atoms with Crippen LogP contribution in [0.25, 0.3) is 16.7 Å². The van der Waals surface area contributed by atoms with E-state index in [1.54, 1.807) is 57.6 Å². The normalized spacial score (nSPS) is 16.5. The number of pyridine rings is 1. The Kier molecular flexibility index (Phi) is 7.45. The van der Waals surface area contributed by atoms with Crippen LogP contribution in [-0.4, -0.2) is 71.3 Å². The van der Waals surface area contributed by atoms with Crippen LogP contribution in [0.15, 0.2) is 65.8 Å². The molecule has 2 aromatic carbocycles. The van der Waals surface area contributed by atoms with Crippen molar-refractivity contribution in [2.75, 3.05) is 27.2 Å². The van der Waals surface area contributed by atoms with Crippen molar-refractivity contribution in [2.24, 2.45) is 0 Å². The number of hydrogen-bond donors (Lipinski definition) is 2. The summed E-state index contributed by atoms with van der Waals surface area (Å²) in [5.41, 5.74) is 7.35. The number of imidazole rings is 1. The van der Waals surface area contributed by atoms with Crippen LogP contribution in [0.4, 0.5) is 0 Å². The molecule has 4 heterocycles. The van der Waals surface area contributed by atoms with Crippen LogP contribution in [0.2, 0.25) is 0 Å². The van der Waals surface area contributed by atoms with Gasteiger partial charge in [0, 0.05) is 50.9 Å². The average Bonchev–Trinajstić information content (AvgIpc) is 3.61. The van der Waals surface area contributed by atoms with Crippen molar-refractivity contribution < 1.29 is 22.8 Å². The van der Waals surface area contributed by atoms with Crippen LogP contribution in [0.3, 0.4) is 0 Å². The summed E-state index contributed by atoms with van der Waals surface area (Å²) in [7, 11) is -0.745. The molecule has 224 valence electrons. The molecule has 1 saturated heterocycles. The van der Waals surface area contributed by atoms with Crippen molar-refractivity contribution in [3.05, 3.63) is 89.0 Å². The molecule has 1 fully saturated rings. The number of aromatic amines is 1. The molecule has 43 heavy (non-hydrogen) atoms. The van der Waals surface area contributed by atoms with E-state index in [2.05, 4.69) is 26.5 Å². The van der Waals surface area contributed by atoms with Gasteiger partial charge in [0.15, 0.2) is 0 Å². The van der Waals surface area contributed by atoms with E-state index in [4.69, 9.17) is 9.57 Å². The van der Waals surface area contributed by atoms with E-state index >= 15 is 0 Å². The maximum Gasteiger partial charge on any atom is 0.256 e. The zero-order valence-electron chi connectivity index (χ0n) is 24.5. The molecule has 1 amide bonds. The molecule has 2 aliphatic rings.